The number of anilines is 1. The van der Waals surface area contributed by atoms with Gasteiger partial charge in [-0.25, -0.2) is 13.2 Å². The molecule has 2 aromatic carbocycles. The van der Waals surface area contributed by atoms with Crippen molar-refractivity contribution in [1.29, 1.82) is 0 Å². The molecule has 0 saturated carbocycles. The van der Waals surface area contributed by atoms with Gasteiger partial charge in [-0.3, -0.25) is 14.8 Å². The molecule has 0 aliphatic rings. The molecule has 10 heteroatoms. The Morgan fingerprint density at radius 3 is 2.50 bits per heavy atom. The number of benzene rings is 2. The third kappa shape index (κ3) is 3.67. The molecule has 0 radical (unpaired) electrons. The molecule has 0 spiro atoms. The molecule has 1 aromatic heterocycles. The van der Waals surface area contributed by atoms with Crippen molar-refractivity contribution >= 4 is 38.3 Å². The van der Waals surface area contributed by atoms with Gasteiger partial charge in [-0.1, -0.05) is 0 Å². The van der Waals surface area contributed by atoms with Crippen LogP contribution in [0.4, 0.5) is 11.4 Å². The van der Waals surface area contributed by atoms with Gasteiger partial charge >= 0.3 is 5.97 Å². The lowest BCUT2D eigenvalue weighted by molar-refractivity contribution is -0.384. The average Bonchev–Trinajstić information content (AvgIpc) is 2.98. The van der Waals surface area contributed by atoms with Gasteiger partial charge in [0.15, 0.2) is 0 Å². The summed E-state index contributed by atoms with van der Waals surface area (Å²) in [6.07, 6.45) is 0. The van der Waals surface area contributed by atoms with E-state index in [0.29, 0.717) is 16.5 Å². The molecule has 28 heavy (non-hydrogen) atoms. The minimum atomic E-state index is -3.95. The highest BCUT2D eigenvalue weighted by Gasteiger charge is 2.20. The fourth-order valence-electron chi connectivity index (χ4n) is 2.64. The van der Waals surface area contributed by atoms with Crippen molar-refractivity contribution in [2.75, 3.05) is 11.3 Å². The number of nitro groups is 1. The minimum absolute atomic E-state index is 0.0622. The lowest BCUT2D eigenvalue weighted by Gasteiger charge is -2.08. The van der Waals surface area contributed by atoms with E-state index in [0.717, 1.165) is 24.3 Å². The summed E-state index contributed by atoms with van der Waals surface area (Å²) in [5.74, 6) is -0.531. The van der Waals surface area contributed by atoms with Crippen LogP contribution >= 0.6 is 0 Å². The molecule has 1 heterocycles. The van der Waals surface area contributed by atoms with Gasteiger partial charge in [-0.2, -0.15) is 0 Å². The second-order valence-electron chi connectivity index (χ2n) is 5.84. The Balaban J connectivity index is 1.92. The SMILES string of the molecule is CCOC(=O)c1oc2ccc(NS(=O)(=O)c3ccc([N+](=O)[O-])cc3)cc2c1C. The highest BCUT2D eigenvalue weighted by atomic mass is 32.2. The van der Waals surface area contributed by atoms with Crippen LogP contribution in [0.2, 0.25) is 0 Å². The van der Waals surface area contributed by atoms with E-state index >= 15 is 0 Å². The number of ether oxygens (including phenoxy) is 1. The summed E-state index contributed by atoms with van der Waals surface area (Å²) >= 11 is 0. The molecule has 0 atom stereocenters. The first-order chi connectivity index (χ1) is 13.2. The molecule has 0 unspecified atom stereocenters. The Morgan fingerprint density at radius 2 is 1.89 bits per heavy atom. The van der Waals surface area contributed by atoms with E-state index in [-0.39, 0.29) is 28.6 Å². The summed E-state index contributed by atoms with van der Waals surface area (Å²) in [6.45, 7) is 3.56. The van der Waals surface area contributed by atoms with E-state index < -0.39 is 20.9 Å². The molecule has 0 aliphatic carbocycles. The number of hydrogen-bond donors (Lipinski definition) is 1. The lowest BCUT2D eigenvalue weighted by atomic mass is 10.1. The van der Waals surface area contributed by atoms with E-state index in [1.807, 2.05) is 0 Å². The second kappa shape index (κ2) is 7.31. The number of hydrogen-bond acceptors (Lipinski definition) is 7. The maximum absolute atomic E-state index is 12.5. The van der Waals surface area contributed by atoms with Crippen molar-refractivity contribution < 1.29 is 27.3 Å². The first-order valence-corrected chi connectivity index (χ1v) is 9.69. The minimum Gasteiger partial charge on any atom is -0.460 e. The number of sulfonamides is 1. The summed E-state index contributed by atoms with van der Waals surface area (Å²) in [5, 5.41) is 11.3. The Hall–Kier alpha value is -3.40. The topological polar surface area (TPSA) is 129 Å². The van der Waals surface area contributed by atoms with Crippen LogP contribution in [0.1, 0.15) is 23.0 Å². The van der Waals surface area contributed by atoms with Gasteiger partial charge in [0.1, 0.15) is 5.58 Å². The van der Waals surface area contributed by atoms with Gasteiger partial charge < -0.3 is 9.15 Å². The fourth-order valence-corrected chi connectivity index (χ4v) is 3.69. The van der Waals surface area contributed by atoms with Gasteiger partial charge in [0.05, 0.1) is 16.4 Å². The summed E-state index contributed by atoms with van der Waals surface area (Å²) < 4.78 is 37.9. The summed E-state index contributed by atoms with van der Waals surface area (Å²) in [7, 11) is -3.95. The molecule has 3 rings (SSSR count). The second-order valence-corrected chi connectivity index (χ2v) is 7.53. The van der Waals surface area contributed by atoms with Gasteiger partial charge in [0.25, 0.3) is 15.7 Å². The molecule has 146 valence electrons. The number of fused-ring (bicyclic) bond motifs is 1. The van der Waals surface area contributed by atoms with Crippen LogP contribution < -0.4 is 4.72 Å². The number of furan rings is 1. The predicted molar refractivity (Wildman–Crippen MR) is 101 cm³/mol. The molecular weight excluding hydrogens is 388 g/mol. The van der Waals surface area contributed by atoms with Crippen LogP contribution in [0.25, 0.3) is 11.0 Å². The van der Waals surface area contributed by atoms with E-state index in [1.165, 1.54) is 6.07 Å². The summed E-state index contributed by atoms with van der Waals surface area (Å²) in [4.78, 5) is 21.9. The normalized spacial score (nSPS) is 11.4. The highest BCUT2D eigenvalue weighted by molar-refractivity contribution is 7.92. The van der Waals surface area contributed by atoms with E-state index in [2.05, 4.69) is 4.72 Å². The largest absolute Gasteiger partial charge is 0.460 e. The van der Waals surface area contributed by atoms with Crippen molar-refractivity contribution in [1.82, 2.24) is 0 Å². The number of esters is 1. The Kier molecular flexibility index (Phi) is 5.06. The van der Waals surface area contributed by atoms with E-state index in [1.54, 1.807) is 26.0 Å². The molecule has 0 aliphatic heterocycles. The van der Waals surface area contributed by atoms with Crippen molar-refractivity contribution in [2.45, 2.75) is 18.7 Å². The Bertz CT molecular complexity index is 1160. The number of nitro benzene ring substituents is 1. The predicted octanol–water partition coefficient (Wildman–Crippen LogP) is 3.63. The van der Waals surface area contributed by atoms with Crippen LogP contribution in [-0.2, 0) is 14.8 Å². The van der Waals surface area contributed by atoms with Gasteiger partial charge in [-0.05, 0) is 44.2 Å². The standard InChI is InChI=1S/C18H16N2O7S/c1-3-26-18(21)17-11(2)15-10-12(4-9-16(15)27-17)19-28(24,25)14-7-5-13(6-8-14)20(22)23/h4-10,19H,3H2,1-2H3. The van der Waals surface area contributed by atoms with Crippen LogP contribution in [0.15, 0.2) is 51.8 Å². The number of nitrogens with zero attached hydrogens (tertiary/aromatic N) is 1. The maximum Gasteiger partial charge on any atom is 0.374 e. The van der Waals surface area contributed by atoms with Crippen LogP contribution in [0.5, 0.6) is 0 Å². The number of rotatable bonds is 6. The zero-order valence-corrected chi connectivity index (χ0v) is 15.8. The van der Waals surface area contributed by atoms with Gasteiger partial charge in [-0.15, -0.1) is 0 Å². The average molecular weight is 404 g/mol. The van der Waals surface area contributed by atoms with Crippen molar-refractivity contribution in [2.24, 2.45) is 0 Å². The number of non-ortho nitro benzene ring substituents is 1. The van der Waals surface area contributed by atoms with Crippen LogP contribution in [0, 0.1) is 17.0 Å². The molecule has 3 aromatic rings. The van der Waals surface area contributed by atoms with Crippen molar-refractivity contribution in [3.63, 3.8) is 0 Å². The number of aryl methyl sites for hydroxylation is 1. The number of nitrogens with one attached hydrogen (secondary N) is 1. The zero-order valence-electron chi connectivity index (χ0n) is 15.0. The first kappa shape index (κ1) is 19.4. The maximum atomic E-state index is 12.5. The zero-order chi connectivity index (χ0) is 20.5. The number of carbonyl (C=O) groups is 1. The van der Waals surface area contributed by atoms with Gasteiger partial charge in [0, 0.05) is 28.8 Å². The molecule has 0 amide bonds. The first-order valence-electron chi connectivity index (χ1n) is 8.20. The molecule has 0 saturated heterocycles. The molecule has 0 fully saturated rings. The molecule has 1 N–H and O–H groups in total. The summed E-state index contributed by atoms with van der Waals surface area (Å²) in [5.41, 5.74) is 0.995. The lowest BCUT2D eigenvalue weighted by Crippen LogP contribution is -2.12. The van der Waals surface area contributed by atoms with Gasteiger partial charge in [0.2, 0.25) is 5.76 Å². The Labute approximate surface area is 160 Å². The van der Waals surface area contributed by atoms with Crippen molar-refractivity contribution in [3.8, 4) is 0 Å². The van der Waals surface area contributed by atoms with E-state index in [9.17, 15) is 23.3 Å². The third-order valence-electron chi connectivity index (χ3n) is 4.01. The van der Waals surface area contributed by atoms with Crippen molar-refractivity contribution in [3.05, 3.63) is 63.9 Å². The van der Waals surface area contributed by atoms with Crippen LogP contribution in [0.3, 0.4) is 0 Å². The quantitative estimate of drug-likeness (QED) is 0.377. The number of carbonyl (C=O) groups excluding carboxylic acids is 1. The Morgan fingerprint density at radius 1 is 1.21 bits per heavy atom. The summed E-state index contributed by atoms with van der Waals surface area (Å²) in [6, 6.07) is 9.11. The molecule has 9 nitrogen and oxygen atoms in total. The van der Waals surface area contributed by atoms with E-state index in [4.69, 9.17) is 9.15 Å². The third-order valence-corrected chi connectivity index (χ3v) is 5.40. The molecular formula is C18H16N2O7S. The smallest absolute Gasteiger partial charge is 0.374 e. The van der Waals surface area contributed by atoms with Crippen LogP contribution in [-0.4, -0.2) is 25.9 Å². The fraction of sp³-hybridized carbons (Fsp3) is 0.167. The highest BCUT2D eigenvalue weighted by Crippen LogP contribution is 2.29. The molecule has 0 bridgehead atoms. The monoisotopic (exact) mass is 404 g/mol.